The van der Waals surface area contributed by atoms with Crippen molar-refractivity contribution < 1.29 is 9.90 Å². The van der Waals surface area contributed by atoms with Crippen molar-refractivity contribution in [1.29, 1.82) is 0 Å². The zero-order chi connectivity index (χ0) is 13.7. The van der Waals surface area contributed by atoms with Crippen LogP contribution in [-0.2, 0) is 17.8 Å². The molecule has 6 heteroatoms. The van der Waals surface area contributed by atoms with Crippen LogP contribution >= 0.6 is 11.8 Å². The van der Waals surface area contributed by atoms with Crippen LogP contribution in [0.2, 0.25) is 0 Å². The van der Waals surface area contributed by atoms with E-state index in [0.29, 0.717) is 0 Å². The number of pyridine rings is 1. The first kappa shape index (κ1) is 13.6. The van der Waals surface area contributed by atoms with E-state index in [2.05, 4.69) is 9.97 Å². The van der Waals surface area contributed by atoms with E-state index in [1.165, 1.54) is 17.3 Å². The molecule has 0 fully saturated rings. The number of carboxylic acids is 1. The molecular weight excluding hydrogens is 262 g/mol. The molecular formula is C13H15N3O2S. The number of carbonyl (C=O) groups is 1. The Labute approximate surface area is 115 Å². The quantitative estimate of drug-likeness (QED) is 0.818. The minimum Gasteiger partial charge on any atom is -0.481 e. The Balaban J connectivity index is 2.01. The molecule has 19 heavy (non-hydrogen) atoms. The summed E-state index contributed by atoms with van der Waals surface area (Å²) in [5.41, 5.74) is 2.11. The average Bonchev–Trinajstić information content (AvgIpc) is 2.75. The number of carboxylic acid groups (broad SMARTS) is 1. The molecule has 2 aromatic heterocycles. The van der Waals surface area contributed by atoms with Gasteiger partial charge in [-0.25, -0.2) is 4.98 Å². The van der Waals surface area contributed by atoms with E-state index < -0.39 is 5.97 Å². The molecule has 0 amide bonds. The molecule has 2 rings (SSSR count). The second-order valence-corrected chi connectivity index (χ2v) is 5.09. The van der Waals surface area contributed by atoms with Crippen LogP contribution in [0.1, 0.15) is 11.3 Å². The van der Waals surface area contributed by atoms with Crippen LogP contribution in [0.3, 0.4) is 0 Å². The molecule has 100 valence electrons. The normalized spacial score (nSPS) is 10.6. The molecule has 0 radical (unpaired) electrons. The first-order valence-corrected chi connectivity index (χ1v) is 6.91. The monoisotopic (exact) mass is 277 g/mol. The summed E-state index contributed by atoms with van der Waals surface area (Å²) >= 11 is 1.25. The fourth-order valence-electron chi connectivity index (χ4n) is 1.73. The van der Waals surface area contributed by atoms with Gasteiger partial charge >= 0.3 is 5.97 Å². The molecule has 0 saturated heterocycles. The molecule has 0 saturated carbocycles. The summed E-state index contributed by atoms with van der Waals surface area (Å²) in [6, 6.07) is 3.96. The topological polar surface area (TPSA) is 68.0 Å². The van der Waals surface area contributed by atoms with Crippen LogP contribution in [0, 0.1) is 6.92 Å². The second-order valence-electron chi connectivity index (χ2n) is 4.15. The maximum Gasteiger partial charge on any atom is 0.313 e. The Morgan fingerprint density at radius 2 is 2.16 bits per heavy atom. The van der Waals surface area contributed by atoms with Crippen LogP contribution in [0.15, 0.2) is 35.9 Å². The first-order valence-electron chi connectivity index (χ1n) is 5.92. The third-order valence-electron chi connectivity index (χ3n) is 2.58. The minimum atomic E-state index is -0.827. The van der Waals surface area contributed by atoms with Gasteiger partial charge in [-0.05, 0) is 31.0 Å². The fourth-order valence-corrected chi connectivity index (χ4v) is 2.50. The molecule has 0 aliphatic rings. The van der Waals surface area contributed by atoms with Crippen molar-refractivity contribution in [2.75, 3.05) is 5.75 Å². The van der Waals surface area contributed by atoms with Crippen molar-refractivity contribution in [3.05, 3.63) is 42.0 Å². The standard InChI is InChI=1S/C13H15N3O2S/c1-10-8-16(13(15-10)19-9-12(17)18)7-4-11-2-5-14-6-3-11/h2-3,5-6,8H,4,7,9H2,1H3,(H,17,18). The molecule has 0 unspecified atom stereocenters. The summed E-state index contributed by atoms with van der Waals surface area (Å²) in [4.78, 5) is 18.9. The van der Waals surface area contributed by atoms with Gasteiger partial charge in [0.05, 0.1) is 11.4 Å². The van der Waals surface area contributed by atoms with E-state index in [1.807, 2.05) is 29.8 Å². The van der Waals surface area contributed by atoms with Crippen LogP contribution in [-0.4, -0.2) is 31.4 Å². The van der Waals surface area contributed by atoms with Gasteiger partial charge in [-0.15, -0.1) is 0 Å². The van der Waals surface area contributed by atoms with Gasteiger partial charge in [-0.1, -0.05) is 11.8 Å². The first-order chi connectivity index (χ1) is 9.15. The highest BCUT2D eigenvalue weighted by atomic mass is 32.2. The molecule has 0 aliphatic carbocycles. The van der Waals surface area contributed by atoms with Crippen LogP contribution in [0.25, 0.3) is 0 Å². The number of aromatic nitrogens is 3. The van der Waals surface area contributed by atoms with Crippen LogP contribution in [0.5, 0.6) is 0 Å². The Morgan fingerprint density at radius 3 is 2.84 bits per heavy atom. The van der Waals surface area contributed by atoms with Gasteiger partial charge in [0.2, 0.25) is 0 Å². The van der Waals surface area contributed by atoms with Gasteiger partial charge in [-0.2, -0.15) is 0 Å². The SMILES string of the molecule is Cc1cn(CCc2ccncc2)c(SCC(=O)O)n1. The number of imidazole rings is 1. The molecule has 0 bridgehead atoms. The van der Waals surface area contributed by atoms with Crippen molar-refractivity contribution in [3.63, 3.8) is 0 Å². The summed E-state index contributed by atoms with van der Waals surface area (Å²) in [5.74, 6) is -0.794. The van der Waals surface area contributed by atoms with Crippen molar-refractivity contribution in [1.82, 2.24) is 14.5 Å². The Morgan fingerprint density at radius 1 is 1.42 bits per heavy atom. The number of nitrogens with zero attached hydrogens (tertiary/aromatic N) is 3. The molecule has 0 atom stereocenters. The number of thioether (sulfide) groups is 1. The summed E-state index contributed by atoms with van der Waals surface area (Å²) in [5, 5.41) is 9.47. The zero-order valence-electron chi connectivity index (χ0n) is 10.6. The zero-order valence-corrected chi connectivity index (χ0v) is 11.4. The number of hydrogen-bond acceptors (Lipinski definition) is 4. The van der Waals surface area contributed by atoms with Gasteiger partial charge in [-0.3, -0.25) is 9.78 Å². The maximum absolute atomic E-state index is 10.6. The Bertz CT molecular complexity index is 554. The summed E-state index contributed by atoms with van der Waals surface area (Å²) in [6.07, 6.45) is 6.37. The Hall–Kier alpha value is -1.82. The molecule has 5 nitrogen and oxygen atoms in total. The summed E-state index contributed by atoms with van der Waals surface area (Å²) in [7, 11) is 0. The summed E-state index contributed by atoms with van der Waals surface area (Å²) < 4.78 is 2.00. The van der Waals surface area contributed by atoms with Crippen molar-refractivity contribution >= 4 is 17.7 Å². The second kappa shape index (κ2) is 6.38. The lowest BCUT2D eigenvalue weighted by Crippen LogP contribution is -2.04. The van der Waals surface area contributed by atoms with Gasteiger partial charge in [0.25, 0.3) is 0 Å². The molecule has 1 N–H and O–H groups in total. The molecule has 2 heterocycles. The minimum absolute atomic E-state index is 0.0334. The highest BCUT2D eigenvalue weighted by Gasteiger charge is 2.08. The van der Waals surface area contributed by atoms with Crippen molar-refractivity contribution in [3.8, 4) is 0 Å². The van der Waals surface area contributed by atoms with Crippen LogP contribution in [0.4, 0.5) is 0 Å². The highest BCUT2D eigenvalue weighted by Crippen LogP contribution is 2.18. The van der Waals surface area contributed by atoms with Gasteiger partial charge < -0.3 is 9.67 Å². The lowest BCUT2D eigenvalue weighted by Gasteiger charge is -2.06. The van der Waals surface area contributed by atoms with E-state index in [0.717, 1.165) is 23.8 Å². The van der Waals surface area contributed by atoms with Gasteiger partial charge in [0, 0.05) is 25.1 Å². The Kier molecular flexibility index (Phi) is 4.57. The van der Waals surface area contributed by atoms with Crippen molar-refractivity contribution in [2.45, 2.75) is 25.0 Å². The van der Waals surface area contributed by atoms with E-state index >= 15 is 0 Å². The van der Waals surface area contributed by atoms with Crippen LogP contribution < -0.4 is 0 Å². The molecule has 2 aromatic rings. The smallest absolute Gasteiger partial charge is 0.313 e. The highest BCUT2D eigenvalue weighted by molar-refractivity contribution is 7.99. The van der Waals surface area contributed by atoms with E-state index in [9.17, 15) is 4.79 Å². The fraction of sp³-hybridized carbons (Fsp3) is 0.308. The van der Waals surface area contributed by atoms with E-state index in [-0.39, 0.29) is 5.75 Å². The summed E-state index contributed by atoms with van der Waals surface area (Å²) in [6.45, 7) is 2.70. The van der Waals surface area contributed by atoms with E-state index in [4.69, 9.17) is 5.11 Å². The lowest BCUT2D eigenvalue weighted by atomic mass is 10.2. The number of aryl methyl sites for hydroxylation is 3. The predicted molar refractivity (Wildman–Crippen MR) is 73.3 cm³/mol. The number of aliphatic carboxylic acids is 1. The van der Waals surface area contributed by atoms with Gasteiger partial charge in [0.1, 0.15) is 0 Å². The third kappa shape index (κ3) is 4.10. The average molecular weight is 277 g/mol. The van der Waals surface area contributed by atoms with Crippen molar-refractivity contribution in [2.24, 2.45) is 0 Å². The molecule has 0 aromatic carbocycles. The molecule has 0 spiro atoms. The predicted octanol–water partition coefficient (Wildman–Crippen LogP) is 2.01. The largest absolute Gasteiger partial charge is 0.481 e. The maximum atomic E-state index is 10.6. The lowest BCUT2D eigenvalue weighted by molar-refractivity contribution is -0.133. The molecule has 0 aliphatic heterocycles. The number of rotatable bonds is 6. The number of hydrogen-bond donors (Lipinski definition) is 1. The van der Waals surface area contributed by atoms with Gasteiger partial charge in [0.15, 0.2) is 5.16 Å². The van der Waals surface area contributed by atoms with E-state index in [1.54, 1.807) is 12.4 Å². The third-order valence-corrected chi connectivity index (χ3v) is 3.55.